The fraction of sp³-hybridized carbons (Fsp3) is 0.0909. The van der Waals surface area contributed by atoms with Crippen LogP contribution in [0.5, 0.6) is 5.75 Å². The summed E-state index contributed by atoms with van der Waals surface area (Å²) in [6, 6.07) is 7.87. The van der Waals surface area contributed by atoms with Crippen molar-refractivity contribution in [2.75, 3.05) is 12.4 Å². The number of halogens is 2. The van der Waals surface area contributed by atoms with E-state index < -0.39 is 0 Å². The van der Waals surface area contributed by atoms with Gasteiger partial charge in [-0.1, -0.05) is 23.7 Å². The summed E-state index contributed by atoms with van der Waals surface area (Å²) in [4.78, 5) is 7.97. The molecule has 1 heterocycles. The Labute approximate surface area is 118 Å². The Kier molecular flexibility index (Phi) is 4.01. The lowest BCUT2D eigenvalue weighted by molar-refractivity contribution is 0.413. The molecule has 6 heteroatoms. The van der Waals surface area contributed by atoms with E-state index in [0.29, 0.717) is 11.6 Å². The normalized spacial score (nSPS) is 10.1. The van der Waals surface area contributed by atoms with Gasteiger partial charge in [0, 0.05) is 3.57 Å². The van der Waals surface area contributed by atoms with E-state index >= 15 is 0 Å². The lowest BCUT2D eigenvalue weighted by Crippen LogP contribution is -2.00. The Hall–Kier alpha value is -1.08. The molecule has 0 aliphatic rings. The van der Waals surface area contributed by atoms with E-state index in [9.17, 15) is 0 Å². The molecule has 88 valence electrons. The van der Waals surface area contributed by atoms with Gasteiger partial charge in [0.25, 0.3) is 0 Å². The van der Waals surface area contributed by atoms with Crippen LogP contribution in [0.2, 0.25) is 5.15 Å². The van der Waals surface area contributed by atoms with Crippen molar-refractivity contribution in [1.82, 2.24) is 9.97 Å². The van der Waals surface area contributed by atoms with Crippen molar-refractivity contribution in [3.8, 4) is 5.75 Å². The minimum absolute atomic E-state index is 0.288. The number of para-hydroxylation sites is 1. The van der Waals surface area contributed by atoms with Gasteiger partial charge in [0.15, 0.2) is 16.7 Å². The number of benzene rings is 1. The van der Waals surface area contributed by atoms with Crippen LogP contribution in [0, 0.1) is 3.57 Å². The zero-order valence-electron chi connectivity index (χ0n) is 8.95. The zero-order valence-corrected chi connectivity index (χ0v) is 11.9. The highest BCUT2D eigenvalue weighted by atomic mass is 127. The molecule has 0 bridgehead atoms. The molecule has 4 nitrogen and oxygen atoms in total. The molecule has 0 saturated heterocycles. The fourth-order valence-electron chi connectivity index (χ4n) is 1.31. The number of nitrogens with zero attached hydrogens (tertiary/aromatic N) is 2. The van der Waals surface area contributed by atoms with E-state index in [0.717, 1.165) is 9.26 Å². The molecule has 0 aliphatic carbocycles. The first-order chi connectivity index (χ1) is 8.22. The molecule has 0 spiro atoms. The van der Waals surface area contributed by atoms with Crippen molar-refractivity contribution in [3.05, 3.63) is 39.3 Å². The Morgan fingerprint density at radius 1 is 1.29 bits per heavy atom. The second kappa shape index (κ2) is 5.50. The number of methoxy groups -OCH3 is 1. The van der Waals surface area contributed by atoms with Crippen LogP contribution in [0.4, 0.5) is 11.5 Å². The second-order valence-corrected chi connectivity index (χ2v) is 4.67. The third-order valence-corrected chi connectivity index (χ3v) is 3.30. The Balaban J connectivity index is 2.37. The molecule has 2 aromatic rings. The van der Waals surface area contributed by atoms with Gasteiger partial charge in [-0.15, -0.1) is 0 Å². The van der Waals surface area contributed by atoms with Crippen LogP contribution in [0.1, 0.15) is 0 Å². The van der Waals surface area contributed by atoms with Gasteiger partial charge >= 0.3 is 0 Å². The maximum absolute atomic E-state index is 5.92. The second-order valence-electron chi connectivity index (χ2n) is 3.15. The molecule has 17 heavy (non-hydrogen) atoms. The van der Waals surface area contributed by atoms with Gasteiger partial charge in [0.2, 0.25) is 0 Å². The molecular formula is C11H9ClIN3O. The van der Waals surface area contributed by atoms with E-state index in [1.54, 1.807) is 0 Å². The third-order valence-electron chi connectivity index (χ3n) is 2.09. The highest BCUT2D eigenvalue weighted by molar-refractivity contribution is 14.1. The summed E-state index contributed by atoms with van der Waals surface area (Å²) in [6.07, 6.45) is 1.39. The number of rotatable bonds is 3. The standard InChI is InChI=1S/C11H9ClIN3O/c1-17-9-10(12)14-6-15-11(9)16-8-5-3-2-4-7(8)13/h2-6H,1H3,(H,14,15,16). The van der Waals surface area contributed by atoms with Crippen LogP contribution in [0.15, 0.2) is 30.6 Å². The van der Waals surface area contributed by atoms with Crippen LogP contribution in [-0.2, 0) is 0 Å². The van der Waals surface area contributed by atoms with E-state index in [2.05, 4.69) is 37.9 Å². The average Bonchev–Trinajstić information content (AvgIpc) is 2.32. The molecule has 0 atom stereocenters. The Morgan fingerprint density at radius 2 is 2.06 bits per heavy atom. The zero-order chi connectivity index (χ0) is 12.3. The van der Waals surface area contributed by atoms with E-state index in [-0.39, 0.29) is 5.15 Å². The summed E-state index contributed by atoms with van der Waals surface area (Å²) in [5.41, 5.74) is 0.946. The minimum atomic E-state index is 0.288. The summed E-state index contributed by atoms with van der Waals surface area (Å²) in [5.74, 6) is 0.991. The first kappa shape index (κ1) is 12.4. The lowest BCUT2D eigenvalue weighted by Gasteiger charge is -2.11. The number of ether oxygens (including phenoxy) is 1. The predicted octanol–water partition coefficient (Wildman–Crippen LogP) is 3.49. The number of hydrogen-bond acceptors (Lipinski definition) is 4. The smallest absolute Gasteiger partial charge is 0.199 e. The molecule has 0 fully saturated rings. The molecule has 1 aromatic carbocycles. The van der Waals surface area contributed by atoms with Crippen molar-refractivity contribution >= 4 is 45.7 Å². The maximum Gasteiger partial charge on any atom is 0.199 e. The van der Waals surface area contributed by atoms with Crippen LogP contribution < -0.4 is 10.1 Å². The van der Waals surface area contributed by atoms with Crippen molar-refractivity contribution < 1.29 is 4.74 Å². The van der Waals surface area contributed by atoms with E-state index in [1.807, 2.05) is 24.3 Å². The SMILES string of the molecule is COc1c(Cl)ncnc1Nc1ccccc1I. The quantitative estimate of drug-likeness (QED) is 0.671. The van der Waals surface area contributed by atoms with E-state index in [4.69, 9.17) is 16.3 Å². The first-order valence-corrected chi connectivity index (χ1v) is 6.24. The summed E-state index contributed by atoms with van der Waals surface area (Å²) >= 11 is 8.16. The molecule has 0 saturated carbocycles. The van der Waals surface area contributed by atoms with Crippen LogP contribution in [-0.4, -0.2) is 17.1 Å². The van der Waals surface area contributed by atoms with Crippen molar-refractivity contribution in [1.29, 1.82) is 0 Å². The molecule has 0 amide bonds. The fourth-order valence-corrected chi connectivity index (χ4v) is 2.04. The van der Waals surface area contributed by atoms with Gasteiger partial charge in [0.1, 0.15) is 6.33 Å². The number of aromatic nitrogens is 2. The van der Waals surface area contributed by atoms with Crippen LogP contribution in [0.25, 0.3) is 0 Å². The van der Waals surface area contributed by atoms with Gasteiger partial charge in [0.05, 0.1) is 12.8 Å². The molecule has 1 aromatic heterocycles. The largest absolute Gasteiger partial charge is 0.490 e. The first-order valence-electron chi connectivity index (χ1n) is 4.78. The number of hydrogen-bond donors (Lipinski definition) is 1. The summed E-state index contributed by atoms with van der Waals surface area (Å²) in [6.45, 7) is 0. The summed E-state index contributed by atoms with van der Waals surface area (Å²) in [7, 11) is 1.53. The Bertz CT molecular complexity index is 536. The van der Waals surface area contributed by atoms with E-state index in [1.165, 1.54) is 13.4 Å². The molecule has 2 rings (SSSR count). The third kappa shape index (κ3) is 2.78. The highest BCUT2D eigenvalue weighted by Gasteiger charge is 2.11. The Morgan fingerprint density at radius 3 is 2.76 bits per heavy atom. The van der Waals surface area contributed by atoms with Crippen LogP contribution >= 0.6 is 34.2 Å². The van der Waals surface area contributed by atoms with Crippen molar-refractivity contribution in [3.63, 3.8) is 0 Å². The number of nitrogens with one attached hydrogen (secondary N) is 1. The van der Waals surface area contributed by atoms with Gasteiger partial charge in [-0.25, -0.2) is 9.97 Å². The van der Waals surface area contributed by atoms with Gasteiger partial charge in [-0.2, -0.15) is 0 Å². The van der Waals surface area contributed by atoms with Crippen molar-refractivity contribution in [2.45, 2.75) is 0 Å². The summed E-state index contributed by atoms with van der Waals surface area (Å²) < 4.78 is 6.25. The van der Waals surface area contributed by atoms with Crippen LogP contribution in [0.3, 0.4) is 0 Å². The topological polar surface area (TPSA) is 47.0 Å². The lowest BCUT2D eigenvalue weighted by atomic mass is 10.3. The van der Waals surface area contributed by atoms with Crippen molar-refractivity contribution in [2.24, 2.45) is 0 Å². The number of anilines is 2. The highest BCUT2D eigenvalue weighted by Crippen LogP contribution is 2.31. The maximum atomic E-state index is 5.92. The monoisotopic (exact) mass is 361 g/mol. The molecule has 0 aliphatic heterocycles. The molecule has 1 N–H and O–H groups in total. The van der Waals surface area contributed by atoms with Gasteiger partial charge in [-0.05, 0) is 34.7 Å². The van der Waals surface area contributed by atoms with Gasteiger partial charge < -0.3 is 10.1 Å². The molecular weight excluding hydrogens is 352 g/mol. The predicted molar refractivity (Wildman–Crippen MR) is 76.0 cm³/mol. The average molecular weight is 362 g/mol. The minimum Gasteiger partial charge on any atom is -0.490 e. The van der Waals surface area contributed by atoms with Gasteiger partial charge in [-0.3, -0.25) is 0 Å². The molecule has 0 radical (unpaired) electrons. The summed E-state index contributed by atoms with van der Waals surface area (Å²) in [5, 5.41) is 3.45. The molecule has 0 unspecified atom stereocenters.